The lowest BCUT2D eigenvalue weighted by molar-refractivity contribution is 0.199. The van der Waals surface area contributed by atoms with Gasteiger partial charge in [0, 0.05) is 29.8 Å². The van der Waals surface area contributed by atoms with Gasteiger partial charge in [-0.05, 0) is 32.4 Å². The first-order valence-corrected chi connectivity index (χ1v) is 8.48. The Kier molecular flexibility index (Phi) is 7.63. The summed E-state index contributed by atoms with van der Waals surface area (Å²) in [5.74, 6) is 1.82. The van der Waals surface area contributed by atoms with Crippen LogP contribution in [0, 0.1) is 13.8 Å². The SMILES string of the molecule is COCCNCCc1c(C)nc(CSC(C)(C)C)nc1C. The molecule has 1 aromatic heterocycles. The smallest absolute Gasteiger partial charge is 0.138 e. The Labute approximate surface area is 133 Å². The normalized spacial score (nSPS) is 11.9. The average molecular weight is 311 g/mol. The fourth-order valence-electron chi connectivity index (χ4n) is 2.03. The molecule has 0 aliphatic rings. The van der Waals surface area contributed by atoms with E-state index in [1.165, 1.54) is 5.56 Å². The van der Waals surface area contributed by atoms with Crippen molar-refractivity contribution >= 4 is 11.8 Å². The first kappa shape index (κ1) is 18.4. The maximum absolute atomic E-state index is 5.02. The Balaban J connectivity index is 2.58. The van der Waals surface area contributed by atoms with Gasteiger partial charge < -0.3 is 10.1 Å². The summed E-state index contributed by atoms with van der Waals surface area (Å²) in [6.45, 7) is 13.4. The molecule has 0 aromatic carbocycles. The number of rotatable bonds is 8. The van der Waals surface area contributed by atoms with Gasteiger partial charge in [-0.2, -0.15) is 0 Å². The number of methoxy groups -OCH3 is 1. The summed E-state index contributed by atoms with van der Waals surface area (Å²) in [6.07, 6.45) is 0.966. The fourth-order valence-corrected chi connectivity index (χ4v) is 2.72. The zero-order chi connectivity index (χ0) is 15.9. The number of ether oxygens (including phenoxy) is 1. The lowest BCUT2D eigenvalue weighted by atomic mass is 10.1. The minimum atomic E-state index is 0.245. The summed E-state index contributed by atoms with van der Waals surface area (Å²) >= 11 is 1.89. The van der Waals surface area contributed by atoms with Crippen LogP contribution in [0.3, 0.4) is 0 Å². The highest BCUT2D eigenvalue weighted by atomic mass is 32.2. The van der Waals surface area contributed by atoms with Gasteiger partial charge in [0.1, 0.15) is 5.82 Å². The average Bonchev–Trinajstić information content (AvgIpc) is 2.38. The van der Waals surface area contributed by atoms with Gasteiger partial charge in [-0.3, -0.25) is 0 Å². The molecule has 0 amide bonds. The molecule has 21 heavy (non-hydrogen) atoms. The second-order valence-corrected chi connectivity index (χ2v) is 7.99. The Morgan fingerprint density at radius 3 is 2.24 bits per heavy atom. The lowest BCUT2D eigenvalue weighted by Gasteiger charge is -2.17. The van der Waals surface area contributed by atoms with E-state index in [4.69, 9.17) is 4.74 Å². The predicted octanol–water partition coefficient (Wildman–Crippen LogP) is 2.90. The van der Waals surface area contributed by atoms with Crippen molar-refractivity contribution in [3.63, 3.8) is 0 Å². The molecule has 1 N–H and O–H groups in total. The molecular formula is C16H29N3OS. The third-order valence-electron chi connectivity index (χ3n) is 3.14. The van der Waals surface area contributed by atoms with Crippen molar-refractivity contribution < 1.29 is 4.74 Å². The van der Waals surface area contributed by atoms with Crippen molar-refractivity contribution in [1.82, 2.24) is 15.3 Å². The molecule has 0 atom stereocenters. The number of aromatic nitrogens is 2. The second kappa shape index (κ2) is 8.71. The molecule has 0 fully saturated rings. The van der Waals surface area contributed by atoms with E-state index in [-0.39, 0.29) is 4.75 Å². The molecule has 0 aliphatic carbocycles. The van der Waals surface area contributed by atoms with Crippen LogP contribution in [0.4, 0.5) is 0 Å². The third-order valence-corrected chi connectivity index (χ3v) is 4.40. The predicted molar refractivity (Wildman–Crippen MR) is 91.0 cm³/mol. The molecule has 0 bridgehead atoms. The van der Waals surface area contributed by atoms with Crippen molar-refractivity contribution in [2.75, 3.05) is 26.8 Å². The highest BCUT2D eigenvalue weighted by molar-refractivity contribution is 7.99. The number of nitrogens with zero attached hydrogens (tertiary/aromatic N) is 2. The molecule has 1 rings (SSSR count). The largest absolute Gasteiger partial charge is 0.383 e. The number of hydrogen-bond acceptors (Lipinski definition) is 5. The third kappa shape index (κ3) is 7.25. The Hall–Kier alpha value is -0.650. The van der Waals surface area contributed by atoms with Crippen LogP contribution in [0.1, 0.15) is 43.5 Å². The lowest BCUT2D eigenvalue weighted by Crippen LogP contribution is -2.22. The summed E-state index contributed by atoms with van der Waals surface area (Å²) < 4.78 is 5.27. The van der Waals surface area contributed by atoms with Crippen LogP contribution < -0.4 is 5.32 Å². The van der Waals surface area contributed by atoms with Crippen LogP contribution in [-0.4, -0.2) is 41.5 Å². The molecule has 5 heteroatoms. The van der Waals surface area contributed by atoms with Crippen molar-refractivity contribution in [2.24, 2.45) is 0 Å². The summed E-state index contributed by atoms with van der Waals surface area (Å²) in [7, 11) is 1.72. The molecule has 0 unspecified atom stereocenters. The standard InChI is InChI=1S/C16H29N3OS/c1-12-14(7-8-17-9-10-20-6)13(2)19-15(18-12)11-21-16(3,4)5/h17H,7-11H2,1-6H3. The van der Waals surface area contributed by atoms with E-state index in [1.54, 1.807) is 7.11 Å². The van der Waals surface area contributed by atoms with Gasteiger partial charge in [-0.1, -0.05) is 20.8 Å². The molecule has 0 aliphatic heterocycles. The highest BCUT2D eigenvalue weighted by Crippen LogP contribution is 2.26. The molecule has 0 spiro atoms. The highest BCUT2D eigenvalue weighted by Gasteiger charge is 2.13. The molecule has 4 nitrogen and oxygen atoms in total. The van der Waals surface area contributed by atoms with Crippen molar-refractivity contribution in [3.8, 4) is 0 Å². The first-order chi connectivity index (χ1) is 9.83. The summed E-state index contributed by atoms with van der Waals surface area (Å²) in [4.78, 5) is 9.34. The van der Waals surface area contributed by atoms with Gasteiger partial charge in [0.2, 0.25) is 0 Å². The fraction of sp³-hybridized carbons (Fsp3) is 0.750. The quantitative estimate of drug-likeness (QED) is 0.748. The summed E-state index contributed by atoms with van der Waals surface area (Å²) in [6, 6.07) is 0. The van der Waals surface area contributed by atoms with Gasteiger partial charge in [0.05, 0.1) is 12.4 Å². The molecule has 0 saturated heterocycles. The minimum Gasteiger partial charge on any atom is -0.383 e. The van der Waals surface area contributed by atoms with Crippen LogP contribution in [0.25, 0.3) is 0 Å². The monoisotopic (exact) mass is 311 g/mol. The Bertz CT molecular complexity index is 421. The maximum atomic E-state index is 5.02. The van der Waals surface area contributed by atoms with Gasteiger partial charge in [-0.25, -0.2) is 9.97 Å². The van der Waals surface area contributed by atoms with Crippen LogP contribution >= 0.6 is 11.8 Å². The maximum Gasteiger partial charge on any atom is 0.138 e. The van der Waals surface area contributed by atoms with Crippen LogP contribution in [0.2, 0.25) is 0 Å². The summed E-state index contributed by atoms with van der Waals surface area (Å²) in [5, 5.41) is 3.36. The van der Waals surface area contributed by atoms with Gasteiger partial charge in [0.15, 0.2) is 0 Å². The van der Waals surface area contributed by atoms with E-state index in [1.807, 2.05) is 11.8 Å². The van der Waals surface area contributed by atoms with Crippen molar-refractivity contribution in [3.05, 3.63) is 22.8 Å². The van der Waals surface area contributed by atoms with Crippen molar-refractivity contribution in [2.45, 2.75) is 51.5 Å². The van der Waals surface area contributed by atoms with Gasteiger partial charge in [-0.15, -0.1) is 11.8 Å². The zero-order valence-corrected chi connectivity index (χ0v) is 15.1. The topological polar surface area (TPSA) is 47.0 Å². The number of nitrogens with one attached hydrogen (secondary N) is 1. The number of aryl methyl sites for hydroxylation is 2. The van der Waals surface area contributed by atoms with E-state index >= 15 is 0 Å². The Morgan fingerprint density at radius 2 is 1.71 bits per heavy atom. The van der Waals surface area contributed by atoms with Gasteiger partial charge in [0.25, 0.3) is 0 Å². The van der Waals surface area contributed by atoms with Crippen molar-refractivity contribution in [1.29, 1.82) is 0 Å². The van der Waals surface area contributed by atoms with Gasteiger partial charge >= 0.3 is 0 Å². The van der Waals surface area contributed by atoms with E-state index in [0.29, 0.717) is 0 Å². The molecule has 1 aromatic rings. The van der Waals surface area contributed by atoms with Crippen LogP contribution in [0.15, 0.2) is 0 Å². The Morgan fingerprint density at radius 1 is 1.10 bits per heavy atom. The second-order valence-electron chi connectivity index (χ2n) is 6.18. The molecular weight excluding hydrogens is 282 g/mol. The molecule has 120 valence electrons. The van der Waals surface area contributed by atoms with E-state index in [0.717, 1.165) is 49.1 Å². The van der Waals surface area contributed by atoms with Crippen LogP contribution in [-0.2, 0) is 16.9 Å². The van der Waals surface area contributed by atoms with E-state index < -0.39 is 0 Å². The molecule has 0 radical (unpaired) electrons. The first-order valence-electron chi connectivity index (χ1n) is 7.50. The zero-order valence-electron chi connectivity index (χ0n) is 14.2. The number of hydrogen-bond donors (Lipinski definition) is 1. The van der Waals surface area contributed by atoms with Crippen LogP contribution in [0.5, 0.6) is 0 Å². The molecule has 1 heterocycles. The van der Waals surface area contributed by atoms with E-state index in [9.17, 15) is 0 Å². The number of thioether (sulfide) groups is 1. The summed E-state index contributed by atoms with van der Waals surface area (Å²) in [5.41, 5.74) is 3.49. The molecule has 0 saturated carbocycles. The minimum absolute atomic E-state index is 0.245. The van der Waals surface area contributed by atoms with E-state index in [2.05, 4.69) is 49.9 Å².